The molecule has 21 heavy (non-hydrogen) atoms. The molecule has 1 atom stereocenters. The summed E-state index contributed by atoms with van der Waals surface area (Å²) in [5.74, 6) is 1.08. The van der Waals surface area contributed by atoms with Crippen LogP contribution in [-0.2, 0) is 9.53 Å². The maximum Gasteiger partial charge on any atom is 0.239 e. The van der Waals surface area contributed by atoms with Crippen LogP contribution in [0.5, 0.6) is 0 Å². The highest BCUT2D eigenvalue weighted by Crippen LogP contribution is 2.17. The zero-order chi connectivity index (χ0) is 14.5. The molecule has 2 saturated heterocycles. The summed E-state index contributed by atoms with van der Waals surface area (Å²) in [4.78, 5) is 18.8. The molecule has 2 N–H and O–H groups in total. The molecular formula is C15H22N4O2. The summed E-state index contributed by atoms with van der Waals surface area (Å²) in [6.07, 6.45) is 3.73. The monoisotopic (exact) mass is 290 g/mol. The van der Waals surface area contributed by atoms with Crippen LogP contribution in [0.4, 0.5) is 5.82 Å². The van der Waals surface area contributed by atoms with Crippen molar-refractivity contribution in [1.29, 1.82) is 0 Å². The van der Waals surface area contributed by atoms with Crippen LogP contribution in [0.2, 0.25) is 0 Å². The molecule has 6 heteroatoms. The van der Waals surface area contributed by atoms with E-state index < -0.39 is 0 Å². The van der Waals surface area contributed by atoms with E-state index in [0.717, 1.165) is 38.3 Å². The zero-order valence-electron chi connectivity index (χ0n) is 12.1. The third-order valence-electron chi connectivity index (χ3n) is 4.05. The first-order valence-corrected chi connectivity index (χ1v) is 7.60. The number of piperidine rings is 1. The molecule has 114 valence electrons. The van der Waals surface area contributed by atoms with Crippen LogP contribution in [0, 0.1) is 0 Å². The number of ether oxygens (including phenoxy) is 1. The summed E-state index contributed by atoms with van der Waals surface area (Å²) in [5.41, 5.74) is 0. The first-order chi connectivity index (χ1) is 10.3. The average molecular weight is 290 g/mol. The van der Waals surface area contributed by atoms with Gasteiger partial charge in [0.1, 0.15) is 11.9 Å². The lowest BCUT2D eigenvalue weighted by molar-refractivity contribution is -0.126. The Bertz CT molecular complexity index is 454. The molecule has 0 spiro atoms. The first kappa shape index (κ1) is 14.3. The van der Waals surface area contributed by atoms with Crippen molar-refractivity contribution in [3.05, 3.63) is 24.4 Å². The number of anilines is 1. The van der Waals surface area contributed by atoms with Crippen LogP contribution >= 0.6 is 0 Å². The quantitative estimate of drug-likeness (QED) is 0.830. The van der Waals surface area contributed by atoms with Crippen LogP contribution in [0.25, 0.3) is 0 Å². The van der Waals surface area contributed by atoms with Gasteiger partial charge in [-0.15, -0.1) is 0 Å². The lowest BCUT2D eigenvalue weighted by Gasteiger charge is -2.34. The molecular weight excluding hydrogens is 268 g/mol. The number of amides is 1. The fraction of sp³-hybridized carbons (Fsp3) is 0.600. The van der Waals surface area contributed by atoms with Crippen molar-refractivity contribution in [3.8, 4) is 0 Å². The Kier molecular flexibility index (Phi) is 4.67. The Labute approximate surface area is 124 Å². The molecule has 3 heterocycles. The SMILES string of the molecule is O=C(NC1CCN(c2ccccn2)CC1)C1COCCN1. The van der Waals surface area contributed by atoms with Crippen molar-refractivity contribution in [2.45, 2.75) is 24.9 Å². The molecule has 2 aliphatic rings. The first-order valence-electron chi connectivity index (χ1n) is 7.60. The maximum atomic E-state index is 12.1. The van der Waals surface area contributed by atoms with Crippen LogP contribution in [0.15, 0.2) is 24.4 Å². The second kappa shape index (κ2) is 6.87. The number of hydrogen-bond donors (Lipinski definition) is 2. The summed E-state index contributed by atoms with van der Waals surface area (Å²) < 4.78 is 5.33. The van der Waals surface area contributed by atoms with E-state index in [0.29, 0.717) is 13.2 Å². The van der Waals surface area contributed by atoms with Crippen molar-refractivity contribution in [2.75, 3.05) is 37.7 Å². The average Bonchev–Trinajstić information content (AvgIpc) is 2.57. The molecule has 0 bridgehead atoms. The third kappa shape index (κ3) is 3.71. The molecule has 1 aromatic rings. The summed E-state index contributed by atoms with van der Waals surface area (Å²) in [7, 11) is 0. The molecule has 2 fully saturated rings. The van der Waals surface area contributed by atoms with Gasteiger partial charge in [0.05, 0.1) is 13.2 Å². The van der Waals surface area contributed by atoms with Crippen molar-refractivity contribution in [1.82, 2.24) is 15.6 Å². The van der Waals surface area contributed by atoms with Crippen LogP contribution in [0.3, 0.4) is 0 Å². The van der Waals surface area contributed by atoms with E-state index in [-0.39, 0.29) is 18.0 Å². The Morgan fingerprint density at radius 1 is 1.38 bits per heavy atom. The van der Waals surface area contributed by atoms with Crippen molar-refractivity contribution in [2.24, 2.45) is 0 Å². The summed E-state index contributed by atoms with van der Waals surface area (Å²) in [6.45, 7) is 3.76. The minimum Gasteiger partial charge on any atom is -0.378 e. The lowest BCUT2D eigenvalue weighted by Crippen LogP contribution is -2.55. The molecule has 3 rings (SSSR count). The Morgan fingerprint density at radius 3 is 2.90 bits per heavy atom. The number of morpholine rings is 1. The fourth-order valence-electron chi connectivity index (χ4n) is 2.83. The summed E-state index contributed by atoms with van der Waals surface area (Å²) in [5, 5.41) is 6.32. The molecule has 2 aliphatic heterocycles. The van der Waals surface area contributed by atoms with Crippen molar-refractivity contribution >= 4 is 11.7 Å². The number of carbonyl (C=O) groups excluding carboxylic acids is 1. The van der Waals surface area contributed by atoms with Gasteiger partial charge in [0.2, 0.25) is 5.91 Å². The number of aromatic nitrogens is 1. The molecule has 1 unspecified atom stereocenters. The van der Waals surface area contributed by atoms with Crippen LogP contribution in [-0.4, -0.2) is 55.8 Å². The largest absolute Gasteiger partial charge is 0.378 e. The number of carbonyl (C=O) groups is 1. The van der Waals surface area contributed by atoms with E-state index >= 15 is 0 Å². The lowest BCUT2D eigenvalue weighted by atomic mass is 10.0. The minimum absolute atomic E-state index is 0.0611. The van der Waals surface area contributed by atoms with E-state index in [1.807, 2.05) is 24.4 Å². The topological polar surface area (TPSA) is 66.5 Å². The van der Waals surface area contributed by atoms with E-state index in [9.17, 15) is 4.79 Å². The molecule has 0 radical (unpaired) electrons. The Hall–Kier alpha value is -1.66. The second-order valence-corrected chi connectivity index (χ2v) is 5.54. The van der Waals surface area contributed by atoms with Gasteiger partial charge in [0.15, 0.2) is 0 Å². The highest BCUT2D eigenvalue weighted by Gasteiger charge is 2.26. The van der Waals surface area contributed by atoms with Gasteiger partial charge in [-0.1, -0.05) is 6.07 Å². The standard InChI is InChI=1S/C15H22N4O2/c20-15(13-11-21-10-7-16-13)18-12-4-8-19(9-5-12)14-3-1-2-6-17-14/h1-3,6,12-13,16H,4-5,7-11H2,(H,18,20). The third-order valence-corrected chi connectivity index (χ3v) is 4.05. The van der Waals surface area contributed by atoms with Crippen LogP contribution in [0.1, 0.15) is 12.8 Å². The number of nitrogens with one attached hydrogen (secondary N) is 2. The molecule has 1 aromatic heterocycles. The van der Waals surface area contributed by atoms with Gasteiger partial charge in [-0.3, -0.25) is 4.79 Å². The van der Waals surface area contributed by atoms with Gasteiger partial charge in [0, 0.05) is 31.9 Å². The Morgan fingerprint density at radius 2 is 2.24 bits per heavy atom. The van der Waals surface area contributed by atoms with Crippen molar-refractivity contribution in [3.63, 3.8) is 0 Å². The molecule has 1 amide bonds. The predicted molar refractivity (Wildman–Crippen MR) is 80.2 cm³/mol. The molecule has 0 aromatic carbocycles. The minimum atomic E-state index is -0.201. The Balaban J connectivity index is 1.46. The number of pyridine rings is 1. The zero-order valence-corrected chi connectivity index (χ0v) is 12.1. The van der Waals surface area contributed by atoms with Crippen molar-refractivity contribution < 1.29 is 9.53 Å². The second-order valence-electron chi connectivity index (χ2n) is 5.54. The van der Waals surface area contributed by atoms with Gasteiger partial charge < -0.3 is 20.3 Å². The fourth-order valence-corrected chi connectivity index (χ4v) is 2.83. The van der Waals surface area contributed by atoms with Crippen LogP contribution < -0.4 is 15.5 Å². The summed E-state index contributed by atoms with van der Waals surface area (Å²) >= 11 is 0. The highest BCUT2D eigenvalue weighted by atomic mass is 16.5. The van der Waals surface area contributed by atoms with E-state index in [4.69, 9.17) is 4.74 Å². The number of nitrogens with zero attached hydrogens (tertiary/aromatic N) is 2. The molecule has 6 nitrogen and oxygen atoms in total. The van der Waals surface area contributed by atoms with E-state index in [1.165, 1.54) is 0 Å². The highest BCUT2D eigenvalue weighted by molar-refractivity contribution is 5.82. The van der Waals surface area contributed by atoms with Gasteiger partial charge in [0.25, 0.3) is 0 Å². The van der Waals surface area contributed by atoms with E-state index in [2.05, 4.69) is 20.5 Å². The summed E-state index contributed by atoms with van der Waals surface area (Å²) in [6, 6.07) is 6.01. The molecule has 0 saturated carbocycles. The number of rotatable bonds is 3. The number of hydrogen-bond acceptors (Lipinski definition) is 5. The van der Waals surface area contributed by atoms with Gasteiger partial charge >= 0.3 is 0 Å². The van der Waals surface area contributed by atoms with Gasteiger partial charge in [-0.05, 0) is 25.0 Å². The maximum absolute atomic E-state index is 12.1. The van der Waals surface area contributed by atoms with E-state index in [1.54, 1.807) is 0 Å². The van der Waals surface area contributed by atoms with Gasteiger partial charge in [-0.25, -0.2) is 4.98 Å². The predicted octanol–water partition coefficient (Wildman–Crippen LogP) is 0.155. The van der Waals surface area contributed by atoms with Gasteiger partial charge in [-0.2, -0.15) is 0 Å². The molecule has 0 aliphatic carbocycles. The normalized spacial score (nSPS) is 23.8. The smallest absolute Gasteiger partial charge is 0.239 e.